The largest absolute Gasteiger partial charge is 0.496 e. The number of rotatable bonds is 2. The van der Waals surface area contributed by atoms with Crippen molar-refractivity contribution in [2.75, 3.05) is 26.7 Å². The summed E-state index contributed by atoms with van der Waals surface area (Å²) in [4.78, 5) is 11.7. The quantitative estimate of drug-likeness (QED) is 0.877. The Kier molecular flexibility index (Phi) is 4.96. The number of para-hydroxylation sites is 1. The first-order chi connectivity index (χ1) is 9.75. The molecule has 2 saturated heterocycles. The molecule has 1 atom stereocenters. The number of methoxy groups -OCH3 is 1. The maximum absolute atomic E-state index is 11.7. The van der Waals surface area contributed by atoms with Gasteiger partial charge in [-0.3, -0.25) is 0 Å². The molecule has 0 bridgehead atoms. The Bertz CT molecular complexity index is 503. The van der Waals surface area contributed by atoms with E-state index in [0.717, 1.165) is 37.2 Å². The van der Waals surface area contributed by atoms with E-state index in [9.17, 15) is 4.79 Å². The number of nitrogens with one attached hydrogen (secondary N) is 2. The van der Waals surface area contributed by atoms with Crippen LogP contribution in [0.5, 0.6) is 5.75 Å². The number of halogens is 1. The van der Waals surface area contributed by atoms with Gasteiger partial charge in [-0.05, 0) is 19.2 Å². The summed E-state index contributed by atoms with van der Waals surface area (Å²) in [5, 5.41) is 6.15. The minimum Gasteiger partial charge on any atom is -0.496 e. The molecule has 1 aromatic rings. The molecule has 5 nitrogen and oxygen atoms in total. The maximum Gasteiger partial charge on any atom is 0.407 e. The molecule has 3 rings (SSSR count). The summed E-state index contributed by atoms with van der Waals surface area (Å²) in [7, 11) is 1.68. The Morgan fingerprint density at radius 2 is 2.00 bits per heavy atom. The van der Waals surface area contributed by atoms with E-state index in [1.807, 2.05) is 18.2 Å². The summed E-state index contributed by atoms with van der Waals surface area (Å²) in [6.07, 6.45) is 1.37. The first kappa shape index (κ1) is 15.9. The molecule has 2 aliphatic heterocycles. The molecule has 21 heavy (non-hydrogen) atoms. The van der Waals surface area contributed by atoms with Gasteiger partial charge in [0.2, 0.25) is 0 Å². The topological polar surface area (TPSA) is 59.6 Å². The van der Waals surface area contributed by atoms with Crippen LogP contribution in [0.25, 0.3) is 0 Å². The van der Waals surface area contributed by atoms with Crippen LogP contribution in [0.2, 0.25) is 0 Å². The van der Waals surface area contributed by atoms with Gasteiger partial charge in [-0.1, -0.05) is 18.2 Å². The second-order valence-electron chi connectivity index (χ2n) is 5.38. The van der Waals surface area contributed by atoms with Gasteiger partial charge in [-0.25, -0.2) is 4.79 Å². The van der Waals surface area contributed by atoms with Gasteiger partial charge in [0.1, 0.15) is 11.4 Å². The maximum atomic E-state index is 11.7. The zero-order valence-corrected chi connectivity index (χ0v) is 12.9. The first-order valence-corrected chi connectivity index (χ1v) is 7.06. The number of amides is 1. The summed E-state index contributed by atoms with van der Waals surface area (Å²) >= 11 is 0. The molecule has 1 amide bonds. The lowest BCUT2D eigenvalue weighted by Gasteiger charge is -2.46. The zero-order valence-electron chi connectivity index (χ0n) is 12.1. The number of piperidine rings is 1. The number of ether oxygens (including phenoxy) is 2. The number of hydrogen-bond donors (Lipinski definition) is 2. The molecule has 2 aliphatic rings. The van der Waals surface area contributed by atoms with Crippen LogP contribution in [0.15, 0.2) is 24.3 Å². The molecular weight excluding hydrogens is 292 g/mol. The molecule has 0 aromatic heterocycles. The number of carbonyl (C=O) groups is 1. The van der Waals surface area contributed by atoms with Crippen molar-refractivity contribution in [3.8, 4) is 5.75 Å². The van der Waals surface area contributed by atoms with Crippen molar-refractivity contribution in [2.45, 2.75) is 24.4 Å². The summed E-state index contributed by atoms with van der Waals surface area (Å²) in [6.45, 7) is 2.34. The summed E-state index contributed by atoms with van der Waals surface area (Å²) in [5.41, 5.74) is 0.694. The monoisotopic (exact) mass is 312 g/mol. The summed E-state index contributed by atoms with van der Waals surface area (Å²) in [6, 6.07) is 7.98. The van der Waals surface area contributed by atoms with Crippen molar-refractivity contribution in [3.05, 3.63) is 29.8 Å². The van der Waals surface area contributed by atoms with Crippen molar-refractivity contribution in [1.82, 2.24) is 10.6 Å². The van der Waals surface area contributed by atoms with E-state index >= 15 is 0 Å². The van der Waals surface area contributed by atoms with Crippen molar-refractivity contribution >= 4 is 18.5 Å². The molecule has 0 saturated carbocycles. The molecular formula is C15H21ClN2O3. The third-order valence-corrected chi connectivity index (χ3v) is 4.35. The van der Waals surface area contributed by atoms with Crippen molar-refractivity contribution in [2.24, 2.45) is 0 Å². The van der Waals surface area contributed by atoms with Crippen molar-refractivity contribution in [3.63, 3.8) is 0 Å². The molecule has 2 heterocycles. The second kappa shape index (κ2) is 6.54. The van der Waals surface area contributed by atoms with E-state index in [4.69, 9.17) is 9.47 Å². The zero-order chi connectivity index (χ0) is 14.0. The molecule has 6 heteroatoms. The molecule has 1 spiro atoms. The second-order valence-corrected chi connectivity index (χ2v) is 5.38. The number of benzene rings is 1. The fourth-order valence-corrected chi connectivity index (χ4v) is 3.31. The van der Waals surface area contributed by atoms with E-state index < -0.39 is 5.60 Å². The lowest BCUT2D eigenvalue weighted by atomic mass is 9.75. The fraction of sp³-hybridized carbons (Fsp3) is 0.533. The van der Waals surface area contributed by atoms with Gasteiger partial charge in [0.25, 0.3) is 0 Å². The van der Waals surface area contributed by atoms with Gasteiger partial charge in [0.15, 0.2) is 0 Å². The highest BCUT2D eigenvalue weighted by atomic mass is 35.5. The summed E-state index contributed by atoms with van der Waals surface area (Å²) < 4.78 is 11.2. The molecule has 116 valence electrons. The average molecular weight is 313 g/mol. The molecule has 0 aliphatic carbocycles. The van der Waals surface area contributed by atoms with Gasteiger partial charge < -0.3 is 20.1 Å². The smallest absolute Gasteiger partial charge is 0.407 e. The summed E-state index contributed by atoms with van der Waals surface area (Å²) in [5.74, 6) is 0.980. The Morgan fingerprint density at radius 1 is 1.29 bits per heavy atom. The molecule has 2 N–H and O–H groups in total. The lowest BCUT2D eigenvalue weighted by molar-refractivity contribution is -0.0499. The van der Waals surface area contributed by atoms with Gasteiger partial charge >= 0.3 is 6.09 Å². The third kappa shape index (κ3) is 2.94. The highest BCUT2D eigenvalue weighted by molar-refractivity contribution is 5.85. The van der Waals surface area contributed by atoms with E-state index in [1.54, 1.807) is 7.11 Å². The highest BCUT2D eigenvalue weighted by Gasteiger charge is 2.47. The number of alkyl carbamates (subject to hydrolysis) is 1. The molecule has 0 radical (unpaired) electrons. The van der Waals surface area contributed by atoms with Gasteiger partial charge in [-0.15, -0.1) is 12.4 Å². The average Bonchev–Trinajstić information content (AvgIpc) is 2.48. The Labute approximate surface area is 130 Å². The first-order valence-electron chi connectivity index (χ1n) is 7.06. The van der Waals surface area contributed by atoms with Crippen LogP contribution in [-0.2, 0) is 4.74 Å². The van der Waals surface area contributed by atoms with Gasteiger partial charge in [-0.2, -0.15) is 0 Å². The van der Waals surface area contributed by atoms with E-state index in [-0.39, 0.29) is 24.4 Å². The van der Waals surface area contributed by atoms with Crippen LogP contribution in [0.1, 0.15) is 24.3 Å². The minimum atomic E-state index is -0.414. The lowest BCUT2D eigenvalue weighted by Crippen LogP contribution is -2.57. The van der Waals surface area contributed by atoms with E-state index in [1.165, 1.54) is 0 Å². The normalized spacial score (nSPS) is 23.7. The van der Waals surface area contributed by atoms with Crippen LogP contribution in [0.4, 0.5) is 4.79 Å². The highest BCUT2D eigenvalue weighted by Crippen LogP contribution is 2.43. The number of hydrogen-bond acceptors (Lipinski definition) is 4. The Hall–Kier alpha value is -1.46. The predicted octanol–water partition coefficient (Wildman–Crippen LogP) is 2.06. The van der Waals surface area contributed by atoms with Gasteiger partial charge in [0.05, 0.1) is 7.11 Å². The molecule has 2 fully saturated rings. The van der Waals surface area contributed by atoms with Crippen LogP contribution in [0, 0.1) is 0 Å². The van der Waals surface area contributed by atoms with Crippen LogP contribution in [0.3, 0.4) is 0 Å². The van der Waals surface area contributed by atoms with Crippen molar-refractivity contribution in [1.29, 1.82) is 0 Å². The van der Waals surface area contributed by atoms with E-state index in [2.05, 4.69) is 16.7 Å². The molecule has 1 aromatic carbocycles. The Balaban J connectivity index is 0.00000161. The van der Waals surface area contributed by atoms with Crippen molar-refractivity contribution < 1.29 is 14.3 Å². The van der Waals surface area contributed by atoms with Crippen LogP contribution in [-0.4, -0.2) is 38.4 Å². The van der Waals surface area contributed by atoms with Crippen LogP contribution < -0.4 is 15.4 Å². The molecule has 0 unspecified atom stereocenters. The predicted molar refractivity (Wildman–Crippen MR) is 82.3 cm³/mol. The SMILES string of the molecule is COc1ccccc1[C@H]1CNC(=O)OC12CCNCC2.Cl. The van der Waals surface area contributed by atoms with E-state index in [0.29, 0.717) is 6.54 Å². The third-order valence-electron chi connectivity index (χ3n) is 4.35. The minimum absolute atomic E-state index is 0. The fourth-order valence-electron chi connectivity index (χ4n) is 3.31. The van der Waals surface area contributed by atoms with Gasteiger partial charge in [0, 0.05) is 30.9 Å². The van der Waals surface area contributed by atoms with Crippen LogP contribution >= 0.6 is 12.4 Å². The Morgan fingerprint density at radius 3 is 2.71 bits per heavy atom. The standard InChI is InChI=1S/C15H20N2O3.ClH/c1-19-13-5-3-2-4-11(13)12-10-17-14(18)20-15(12)6-8-16-9-7-15;/h2-5,12,16H,6-10H2,1H3,(H,17,18);1H/t12-;/m1./s1. The number of carbonyl (C=O) groups excluding carboxylic acids is 1.